The van der Waals surface area contributed by atoms with Crippen molar-refractivity contribution >= 4 is 11.8 Å². The van der Waals surface area contributed by atoms with Crippen LogP contribution in [0, 0.1) is 19.3 Å². The molecule has 2 aliphatic heterocycles. The number of piperidine rings is 1. The van der Waals surface area contributed by atoms with Crippen LogP contribution in [-0.2, 0) is 16.1 Å². The zero-order chi connectivity index (χ0) is 24.0. The van der Waals surface area contributed by atoms with Gasteiger partial charge in [-0.05, 0) is 51.7 Å². The second kappa shape index (κ2) is 11.0. The number of aromatic nitrogens is 3. The lowest BCUT2D eigenvalue weighted by Gasteiger charge is -2.42. The van der Waals surface area contributed by atoms with Crippen LogP contribution in [0.5, 0.6) is 5.75 Å². The molecular weight excluding hydrogens is 434 g/mol. The van der Waals surface area contributed by atoms with Crippen LogP contribution in [0.25, 0.3) is 0 Å². The van der Waals surface area contributed by atoms with Gasteiger partial charge in [0, 0.05) is 31.7 Å². The minimum atomic E-state index is -0.149. The molecule has 0 radical (unpaired) electrons. The molecule has 9 heteroatoms. The SMILES string of the molecule is Cc1nc(C)n(CC(=O)N2CCC3(CCCCOCCNC(=O)c4ccccc4OC3)CC2)n1. The van der Waals surface area contributed by atoms with Gasteiger partial charge in [0.25, 0.3) is 5.91 Å². The lowest BCUT2D eigenvalue weighted by Crippen LogP contribution is -2.46. The van der Waals surface area contributed by atoms with Crippen molar-refractivity contribution in [2.24, 2.45) is 5.41 Å². The molecule has 2 aliphatic rings. The normalized spacial score (nSPS) is 19.6. The summed E-state index contributed by atoms with van der Waals surface area (Å²) >= 11 is 0. The number of rotatable bonds is 2. The third-order valence-electron chi connectivity index (χ3n) is 6.87. The van der Waals surface area contributed by atoms with E-state index in [9.17, 15) is 9.59 Å². The Bertz CT molecular complexity index is 997. The van der Waals surface area contributed by atoms with E-state index in [1.54, 1.807) is 10.7 Å². The van der Waals surface area contributed by atoms with E-state index < -0.39 is 0 Å². The number of ether oxygens (including phenoxy) is 2. The van der Waals surface area contributed by atoms with Crippen molar-refractivity contribution < 1.29 is 19.1 Å². The number of hydrogen-bond donors (Lipinski definition) is 1. The first kappa shape index (κ1) is 24.2. The van der Waals surface area contributed by atoms with Crippen molar-refractivity contribution in [1.82, 2.24) is 25.0 Å². The molecule has 0 unspecified atom stereocenters. The number of carbonyl (C=O) groups is 2. The number of likely N-dealkylation sites (tertiary alicyclic amines) is 1. The Kier molecular flexibility index (Phi) is 7.82. The highest BCUT2D eigenvalue weighted by Crippen LogP contribution is 2.38. The van der Waals surface area contributed by atoms with Crippen LogP contribution in [0.15, 0.2) is 24.3 Å². The molecule has 4 rings (SSSR count). The number of carbonyl (C=O) groups excluding carboxylic acids is 2. The second-order valence-electron chi connectivity index (χ2n) is 9.35. The molecular formula is C25H35N5O4. The van der Waals surface area contributed by atoms with Crippen molar-refractivity contribution in [2.45, 2.75) is 52.5 Å². The molecule has 3 heterocycles. The van der Waals surface area contributed by atoms with Crippen LogP contribution in [0.3, 0.4) is 0 Å². The summed E-state index contributed by atoms with van der Waals surface area (Å²) in [4.78, 5) is 31.8. The molecule has 1 fully saturated rings. The molecule has 184 valence electrons. The fourth-order valence-corrected chi connectivity index (χ4v) is 4.79. The molecule has 1 aromatic heterocycles. The summed E-state index contributed by atoms with van der Waals surface area (Å²) < 4.78 is 13.7. The summed E-state index contributed by atoms with van der Waals surface area (Å²) in [5.74, 6) is 1.96. The summed E-state index contributed by atoms with van der Waals surface area (Å²) in [6.45, 7) is 7.49. The summed E-state index contributed by atoms with van der Waals surface area (Å²) in [6.07, 6.45) is 4.75. The zero-order valence-electron chi connectivity index (χ0n) is 20.2. The van der Waals surface area contributed by atoms with Gasteiger partial charge in [0.2, 0.25) is 5.91 Å². The number of fused-ring (bicyclic) bond motifs is 1. The number of benzene rings is 1. The maximum absolute atomic E-state index is 12.9. The predicted octanol–water partition coefficient (Wildman–Crippen LogP) is 2.51. The number of para-hydroxylation sites is 1. The number of nitrogens with one attached hydrogen (secondary N) is 1. The fraction of sp³-hybridized carbons (Fsp3) is 0.600. The van der Waals surface area contributed by atoms with E-state index in [0.29, 0.717) is 56.6 Å². The number of aryl methyl sites for hydroxylation is 2. The minimum Gasteiger partial charge on any atom is -0.492 e. The molecule has 2 aromatic rings. The topological polar surface area (TPSA) is 98.6 Å². The molecule has 1 aromatic carbocycles. The maximum Gasteiger partial charge on any atom is 0.255 e. The van der Waals surface area contributed by atoms with Gasteiger partial charge in [0.15, 0.2) is 0 Å². The monoisotopic (exact) mass is 469 g/mol. The van der Waals surface area contributed by atoms with E-state index in [0.717, 1.165) is 37.9 Å². The van der Waals surface area contributed by atoms with Crippen molar-refractivity contribution in [3.05, 3.63) is 41.5 Å². The minimum absolute atomic E-state index is 0.0375. The maximum atomic E-state index is 12.9. The largest absolute Gasteiger partial charge is 0.492 e. The first-order chi connectivity index (χ1) is 16.5. The summed E-state index contributed by atoms with van der Waals surface area (Å²) in [5.41, 5.74) is 0.505. The second-order valence-corrected chi connectivity index (χ2v) is 9.35. The van der Waals surface area contributed by atoms with E-state index in [-0.39, 0.29) is 23.8 Å². The van der Waals surface area contributed by atoms with E-state index >= 15 is 0 Å². The highest BCUT2D eigenvalue weighted by atomic mass is 16.5. The summed E-state index contributed by atoms with van der Waals surface area (Å²) in [6, 6.07) is 7.38. The number of hydrogen-bond acceptors (Lipinski definition) is 6. The van der Waals surface area contributed by atoms with E-state index in [2.05, 4.69) is 15.4 Å². The third kappa shape index (κ3) is 5.94. The highest BCUT2D eigenvalue weighted by Gasteiger charge is 2.37. The van der Waals surface area contributed by atoms with Gasteiger partial charge in [-0.25, -0.2) is 9.67 Å². The molecule has 9 nitrogen and oxygen atoms in total. The number of amides is 2. The highest BCUT2D eigenvalue weighted by molar-refractivity contribution is 5.96. The van der Waals surface area contributed by atoms with Gasteiger partial charge in [-0.1, -0.05) is 18.6 Å². The lowest BCUT2D eigenvalue weighted by molar-refractivity contribution is -0.135. The van der Waals surface area contributed by atoms with Crippen LogP contribution < -0.4 is 10.1 Å². The van der Waals surface area contributed by atoms with E-state index in [4.69, 9.17) is 9.47 Å². The van der Waals surface area contributed by atoms with Crippen molar-refractivity contribution in [2.75, 3.05) is 39.5 Å². The Morgan fingerprint density at radius 3 is 2.68 bits per heavy atom. The van der Waals surface area contributed by atoms with Gasteiger partial charge < -0.3 is 19.7 Å². The molecule has 1 saturated heterocycles. The summed E-state index contributed by atoms with van der Waals surface area (Å²) in [7, 11) is 0. The molecule has 2 amide bonds. The Balaban J connectivity index is 1.43. The molecule has 0 saturated carbocycles. The zero-order valence-corrected chi connectivity index (χ0v) is 20.2. The fourth-order valence-electron chi connectivity index (χ4n) is 4.79. The van der Waals surface area contributed by atoms with Gasteiger partial charge >= 0.3 is 0 Å². The molecule has 0 aliphatic carbocycles. The lowest BCUT2D eigenvalue weighted by atomic mass is 9.75. The quantitative estimate of drug-likeness (QED) is 0.726. The van der Waals surface area contributed by atoms with Gasteiger partial charge in [-0.2, -0.15) is 5.10 Å². The van der Waals surface area contributed by atoms with Crippen molar-refractivity contribution in [3.63, 3.8) is 0 Å². The van der Waals surface area contributed by atoms with Crippen LogP contribution in [0.2, 0.25) is 0 Å². The van der Waals surface area contributed by atoms with Gasteiger partial charge in [0.1, 0.15) is 23.9 Å². The molecule has 0 bridgehead atoms. The van der Waals surface area contributed by atoms with E-state index in [1.165, 1.54) is 0 Å². The Hall–Kier alpha value is -2.94. The van der Waals surface area contributed by atoms with E-state index in [1.807, 2.05) is 36.9 Å². The van der Waals surface area contributed by atoms with Crippen LogP contribution in [0.4, 0.5) is 0 Å². The van der Waals surface area contributed by atoms with Gasteiger partial charge in [-0.15, -0.1) is 0 Å². The first-order valence-corrected chi connectivity index (χ1v) is 12.2. The van der Waals surface area contributed by atoms with Crippen LogP contribution in [-0.4, -0.2) is 70.9 Å². The summed E-state index contributed by atoms with van der Waals surface area (Å²) in [5, 5.41) is 7.23. The van der Waals surface area contributed by atoms with Gasteiger partial charge in [-0.3, -0.25) is 9.59 Å². The van der Waals surface area contributed by atoms with Crippen molar-refractivity contribution in [1.29, 1.82) is 0 Å². The van der Waals surface area contributed by atoms with Crippen LogP contribution in [0.1, 0.15) is 54.1 Å². The Morgan fingerprint density at radius 1 is 1.12 bits per heavy atom. The smallest absolute Gasteiger partial charge is 0.255 e. The molecule has 0 atom stereocenters. The van der Waals surface area contributed by atoms with Gasteiger partial charge in [0.05, 0.1) is 18.8 Å². The Morgan fingerprint density at radius 2 is 1.91 bits per heavy atom. The third-order valence-corrected chi connectivity index (χ3v) is 6.87. The predicted molar refractivity (Wildman–Crippen MR) is 127 cm³/mol. The van der Waals surface area contributed by atoms with Crippen LogP contribution >= 0.6 is 0 Å². The Labute approximate surface area is 200 Å². The average Bonchev–Trinajstić information content (AvgIpc) is 3.15. The molecule has 1 spiro atoms. The standard InChI is InChI=1S/C25H35N5O4/c1-19-27-20(2)30(28-19)17-23(31)29-13-10-25(11-14-29)9-5-6-15-33-16-12-26-24(32)21-7-3-4-8-22(21)34-18-25/h3-4,7-8H,5-6,9-18H2,1-2H3,(H,26,32). The average molecular weight is 470 g/mol. The molecule has 34 heavy (non-hydrogen) atoms. The molecule has 1 N–H and O–H groups in total. The number of nitrogens with zero attached hydrogens (tertiary/aromatic N) is 4. The first-order valence-electron chi connectivity index (χ1n) is 12.2. The van der Waals surface area contributed by atoms with Crippen molar-refractivity contribution in [3.8, 4) is 5.75 Å².